The quantitative estimate of drug-likeness (QED) is 0.410. The Morgan fingerprint density at radius 1 is 0.667 bits per heavy atom. The smallest absolute Gasteiger partial charge is 2.00 e. The van der Waals surface area contributed by atoms with E-state index < -0.39 is 0 Å². The van der Waals surface area contributed by atoms with Crippen molar-refractivity contribution in [1.82, 2.24) is 0 Å². The normalized spacial score (nSPS) is 0. The molecule has 0 fully saturated rings. The Bertz CT molecular complexity index is 10.8. The van der Waals surface area contributed by atoms with E-state index in [0.717, 1.165) is 0 Å². The molecule has 0 aromatic carbocycles. The first-order valence-electron chi connectivity index (χ1n) is 0. The second-order valence-electron chi connectivity index (χ2n) is 0. The Balaban J connectivity index is 0. The van der Waals surface area contributed by atoms with E-state index in [4.69, 9.17) is 0 Å². The van der Waals surface area contributed by atoms with E-state index in [-0.39, 0.29) is 98.7 Å². The maximum Gasteiger partial charge on any atom is 3.00 e. The van der Waals surface area contributed by atoms with Gasteiger partial charge in [0.15, 0.2) is 0 Å². The van der Waals surface area contributed by atoms with Crippen LogP contribution in [0, 0.1) is 35.6 Å². The number of hydrogen-bond acceptors (Lipinski definition) is 0. The molecule has 0 saturated carbocycles. The fourth-order valence-electron chi connectivity index (χ4n) is 0. The van der Waals surface area contributed by atoms with Gasteiger partial charge in [-0.25, -0.2) is 0 Å². The molecule has 3 nitrogen and oxygen atoms in total. The second-order valence-corrected chi connectivity index (χ2v) is 0. The first-order valence-corrected chi connectivity index (χ1v) is 0. The summed E-state index contributed by atoms with van der Waals surface area (Å²) < 4.78 is 0. The van der Waals surface area contributed by atoms with Gasteiger partial charge in [0.05, 0.1) is 0 Å². The second kappa shape index (κ2) is 49.1. The monoisotopic (exact) mass is 265 g/mol. The molecule has 0 aliphatic rings. The minimum absolute atomic E-state index is 0. The van der Waals surface area contributed by atoms with Crippen molar-refractivity contribution < 1.29 is 98.7 Å². The van der Waals surface area contributed by atoms with Crippen molar-refractivity contribution in [3.8, 4) is 0 Å². The third-order valence-corrected chi connectivity index (χ3v) is 0. The minimum atomic E-state index is 0. The van der Waals surface area contributed by atoms with E-state index in [0.29, 0.717) is 0 Å². The number of hydrogen-bond donors (Lipinski definition) is 0. The Kier molecular flexibility index (Phi) is 602. The minimum Gasteiger partial charge on any atom is -2.00 e. The topological polar surface area (TPSA) is 85.5 Å². The van der Waals surface area contributed by atoms with Crippen LogP contribution >= 0.6 is 0 Å². The summed E-state index contributed by atoms with van der Waals surface area (Å²) >= 11 is 0. The van der Waals surface area contributed by atoms with Gasteiger partial charge in [0, 0.05) is 0 Å². The zero-order valence-electron chi connectivity index (χ0n) is 3.18. The van der Waals surface area contributed by atoms with Crippen LogP contribution in [0.4, 0.5) is 0 Å². The molecule has 0 atom stereocenters. The predicted molar refractivity (Wildman–Crippen MR) is 2.06 cm³/mol. The molecule has 0 heterocycles. The van der Waals surface area contributed by atoms with Crippen molar-refractivity contribution in [2.75, 3.05) is 0 Å². The Morgan fingerprint density at radius 3 is 0.667 bits per heavy atom. The zero-order chi connectivity index (χ0) is 0. The molecule has 6 heavy (non-hydrogen) atoms. The molecule has 0 amide bonds. The molecule has 0 rings (SSSR count). The molecule has 0 bridgehead atoms. The van der Waals surface area contributed by atoms with Gasteiger partial charge in [0.25, 0.3) is 0 Å². The van der Waals surface area contributed by atoms with Crippen LogP contribution in [0.15, 0.2) is 0 Å². The van der Waals surface area contributed by atoms with Crippen molar-refractivity contribution in [1.29, 1.82) is 0 Å². The van der Waals surface area contributed by atoms with Crippen molar-refractivity contribution >= 4 is 0 Å². The molecular formula is LaMnNaO3. The molecule has 0 aliphatic carbocycles. The Morgan fingerprint density at radius 2 is 0.667 bits per heavy atom. The van der Waals surface area contributed by atoms with Crippen LogP contribution in [0.5, 0.6) is 0 Å². The fraction of sp³-hybridized carbons (Fsp3) is 0. The molecule has 6 heteroatoms. The largest absolute Gasteiger partial charge is 3.00 e. The van der Waals surface area contributed by atoms with Crippen LogP contribution in [0.1, 0.15) is 0 Å². The van der Waals surface area contributed by atoms with Crippen molar-refractivity contribution in [3.63, 3.8) is 0 Å². The first-order chi connectivity index (χ1) is 0. The fourth-order valence-corrected chi connectivity index (χ4v) is 0. The average molecular weight is 265 g/mol. The van der Waals surface area contributed by atoms with Gasteiger partial charge in [-0.2, -0.15) is 0 Å². The van der Waals surface area contributed by atoms with Crippen LogP contribution in [-0.4, -0.2) is 0 Å². The molecule has 29 valence electrons. The van der Waals surface area contributed by atoms with Gasteiger partial charge in [0.1, 0.15) is 0 Å². The summed E-state index contributed by atoms with van der Waals surface area (Å²) in [5.74, 6) is 0. The van der Waals surface area contributed by atoms with E-state index in [1.165, 1.54) is 0 Å². The predicted octanol–water partition coefficient (Wildman–Crippen LogP) is -3.35. The molecule has 0 aromatic rings. The molecule has 0 N–H and O–H groups in total. The molecule has 0 saturated heterocycles. The maximum absolute atomic E-state index is 0. The third kappa shape index (κ3) is 30.7. The standard InChI is InChI=1S/La.Mn.Na.3O/q+3;+2;+1;3*-2. The van der Waals surface area contributed by atoms with Crippen molar-refractivity contribution in [2.24, 2.45) is 0 Å². The summed E-state index contributed by atoms with van der Waals surface area (Å²) in [5, 5.41) is 0. The summed E-state index contributed by atoms with van der Waals surface area (Å²) in [4.78, 5) is 0. The van der Waals surface area contributed by atoms with Gasteiger partial charge in [-0.15, -0.1) is 0 Å². The van der Waals surface area contributed by atoms with E-state index in [9.17, 15) is 0 Å². The molecule has 0 aliphatic heterocycles. The SMILES string of the molecule is [La+3].[Mn+2].[Na+].[O-2].[O-2].[O-2]. The average Bonchev–Trinajstić information content (AvgIpc) is 0. The van der Waals surface area contributed by atoms with Gasteiger partial charge in [-0.1, -0.05) is 0 Å². The zero-order valence-corrected chi connectivity index (χ0v) is 9.99. The van der Waals surface area contributed by atoms with Gasteiger partial charge < -0.3 is 16.4 Å². The summed E-state index contributed by atoms with van der Waals surface area (Å²) in [5.41, 5.74) is 0. The van der Waals surface area contributed by atoms with Crippen molar-refractivity contribution in [3.05, 3.63) is 0 Å². The maximum atomic E-state index is 0. The number of rotatable bonds is 0. The molecular weight excluding hydrogens is 265 g/mol. The summed E-state index contributed by atoms with van der Waals surface area (Å²) in [6.45, 7) is 0. The van der Waals surface area contributed by atoms with E-state index in [1.807, 2.05) is 0 Å². The first kappa shape index (κ1) is 73.6. The summed E-state index contributed by atoms with van der Waals surface area (Å²) in [6.07, 6.45) is 0. The molecule has 0 unspecified atom stereocenters. The van der Waals surface area contributed by atoms with Gasteiger partial charge in [-0.05, 0) is 0 Å². The van der Waals surface area contributed by atoms with Crippen LogP contribution in [-0.2, 0) is 33.5 Å². The van der Waals surface area contributed by atoms with Crippen LogP contribution in [0.2, 0.25) is 0 Å². The molecule has 0 spiro atoms. The Hall–Kier alpha value is 2.59. The summed E-state index contributed by atoms with van der Waals surface area (Å²) in [6, 6.07) is 0. The van der Waals surface area contributed by atoms with E-state index >= 15 is 0 Å². The summed E-state index contributed by atoms with van der Waals surface area (Å²) in [7, 11) is 0. The molecule has 0 aromatic heterocycles. The third-order valence-electron chi connectivity index (χ3n) is 0. The van der Waals surface area contributed by atoms with Crippen LogP contribution in [0.3, 0.4) is 0 Å². The van der Waals surface area contributed by atoms with Gasteiger partial charge >= 0.3 is 82.2 Å². The van der Waals surface area contributed by atoms with E-state index in [2.05, 4.69) is 0 Å². The van der Waals surface area contributed by atoms with Crippen LogP contribution < -0.4 is 29.6 Å². The van der Waals surface area contributed by atoms with Crippen molar-refractivity contribution in [2.45, 2.75) is 0 Å². The van der Waals surface area contributed by atoms with E-state index in [1.54, 1.807) is 0 Å². The van der Waals surface area contributed by atoms with Gasteiger partial charge in [0.2, 0.25) is 0 Å². The van der Waals surface area contributed by atoms with Gasteiger partial charge in [-0.3, -0.25) is 0 Å². The Labute approximate surface area is 96.9 Å². The molecule has 1 radical (unpaired) electrons. The van der Waals surface area contributed by atoms with Crippen LogP contribution in [0.25, 0.3) is 0 Å².